The molecule has 8 heteroatoms. The van der Waals surface area contributed by atoms with E-state index in [4.69, 9.17) is 32.7 Å². The van der Waals surface area contributed by atoms with Gasteiger partial charge < -0.3 is 9.47 Å². The number of hydrogen-bond donors (Lipinski definition) is 0. The van der Waals surface area contributed by atoms with E-state index in [-0.39, 0.29) is 11.4 Å². The second-order valence-electron chi connectivity index (χ2n) is 6.06. The minimum atomic E-state index is -3.96. The van der Waals surface area contributed by atoms with Crippen molar-refractivity contribution in [3.05, 3.63) is 82.3 Å². The van der Waals surface area contributed by atoms with Crippen LogP contribution in [0.5, 0.6) is 11.5 Å². The molecule has 3 aromatic carbocycles. The summed E-state index contributed by atoms with van der Waals surface area (Å²) in [5.41, 5.74) is 0.876. The molecular formula is C21H19Cl2NO4S. The normalized spacial score (nSPS) is 11.2. The molecule has 5 nitrogen and oxygen atoms in total. The lowest BCUT2D eigenvalue weighted by atomic mass is 10.2. The highest BCUT2D eigenvalue weighted by Crippen LogP contribution is 2.36. The van der Waals surface area contributed by atoms with Crippen molar-refractivity contribution < 1.29 is 17.9 Å². The average molecular weight is 452 g/mol. The second-order valence-corrected chi connectivity index (χ2v) is 8.74. The van der Waals surface area contributed by atoms with E-state index in [1.54, 1.807) is 54.6 Å². The predicted molar refractivity (Wildman–Crippen MR) is 116 cm³/mol. The van der Waals surface area contributed by atoms with Crippen LogP contribution in [-0.4, -0.2) is 22.6 Å². The monoisotopic (exact) mass is 451 g/mol. The van der Waals surface area contributed by atoms with Gasteiger partial charge in [0.2, 0.25) is 0 Å². The summed E-state index contributed by atoms with van der Waals surface area (Å²) in [5, 5.41) is 0.754. The van der Waals surface area contributed by atoms with E-state index in [9.17, 15) is 8.42 Å². The topological polar surface area (TPSA) is 55.8 Å². The van der Waals surface area contributed by atoms with E-state index in [2.05, 4.69) is 0 Å². The van der Waals surface area contributed by atoms with Crippen LogP contribution in [0.15, 0.2) is 71.6 Å². The summed E-state index contributed by atoms with van der Waals surface area (Å²) in [7, 11) is -0.959. The molecule has 0 unspecified atom stereocenters. The fraction of sp³-hybridized carbons (Fsp3) is 0.143. The van der Waals surface area contributed by atoms with Gasteiger partial charge in [0.25, 0.3) is 10.0 Å². The molecule has 0 saturated heterocycles. The molecule has 3 aromatic rings. The van der Waals surface area contributed by atoms with Gasteiger partial charge in [0.05, 0.1) is 31.3 Å². The Labute approximate surface area is 180 Å². The molecule has 0 N–H and O–H groups in total. The molecule has 0 aliphatic carbocycles. The van der Waals surface area contributed by atoms with E-state index >= 15 is 0 Å². The number of halogens is 2. The molecule has 0 bridgehead atoms. The van der Waals surface area contributed by atoms with E-state index in [1.165, 1.54) is 30.7 Å². The second kappa shape index (κ2) is 8.95. The van der Waals surface area contributed by atoms with Crippen molar-refractivity contribution in [2.75, 3.05) is 18.5 Å². The van der Waals surface area contributed by atoms with Crippen molar-refractivity contribution in [1.29, 1.82) is 0 Å². The van der Waals surface area contributed by atoms with Crippen LogP contribution in [0.25, 0.3) is 0 Å². The first-order chi connectivity index (χ1) is 13.9. The molecule has 0 spiro atoms. The molecule has 0 radical (unpaired) electrons. The zero-order chi connectivity index (χ0) is 21.0. The lowest BCUT2D eigenvalue weighted by molar-refractivity contribution is 0.414. The van der Waals surface area contributed by atoms with Gasteiger partial charge in [0, 0.05) is 15.6 Å². The third kappa shape index (κ3) is 4.45. The van der Waals surface area contributed by atoms with Gasteiger partial charge in [0.15, 0.2) is 0 Å². The Hall–Kier alpha value is -2.41. The third-order valence-corrected chi connectivity index (χ3v) is 6.85. The molecule has 0 atom stereocenters. The maximum absolute atomic E-state index is 13.6. The van der Waals surface area contributed by atoms with Crippen LogP contribution in [0.2, 0.25) is 10.0 Å². The number of ether oxygens (including phenoxy) is 2. The Bertz CT molecular complexity index is 1080. The van der Waals surface area contributed by atoms with Crippen LogP contribution in [0.4, 0.5) is 5.69 Å². The quantitative estimate of drug-likeness (QED) is 0.481. The average Bonchev–Trinajstić information content (AvgIpc) is 2.73. The van der Waals surface area contributed by atoms with Crippen LogP contribution in [0.3, 0.4) is 0 Å². The molecule has 0 amide bonds. The SMILES string of the molecule is COc1ccc(S(=O)(=O)N(Cc2c(Cl)cccc2Cl)c2ccccc2OC)cc1. The highest BCUT2D eigenvalue weighted by Gasteiger charge is 2.29. The lowest BCUT2D eigenvalue weighted by Gasteiger charge is -2.27. The summed E-state index contributed by atoms with van der Waals surface area (Å²) in [5.74, 6) is 0.967. The van der Waals surface area contributed by atoms with Gasteiger partial charge in [0.1, 0.15) is 11.5 Å². The lowest BCUT2D eigenvalue weighted by Crippen LogP contribution is -2.31. The van der Waals surface area contributed by atoms with Crippen LogP contribution in [-0.2, 0) is 16.6 Å². The fourth-order valence-corrected chi connectivity index (χ4v) is 4.80. The third-order valence-electron chi connectivity index (χ3n) is 4.36. The number of sulfonamides is 1. The standard InChI is InChI=1S/C21H19Cl2NO4S/c1-27-15-10-12-16(13-11-15)29(25,26)24(20-8-3-4-9-21(20)28-2)14-17-18(22)6-5-7-19(17)23/h3-13H,14H2,1-2H3. The van der Waals surface area contributed by atoms with E-state index in [0.29, 0.717) is 32.8 Å². The number of anilines is 1. The van der Waals surface area contributed by atoms with Gasteiger partial charge >= 0.3 is 0 Å². The van der Waals surface area contributed by atoms with Crippen molar-refractivity contribution in [3.8, 4) is 11.5 Å². The molecule has 0 aromatic heterocycles. The summed E-state index contributed by atoms with van der Waals surface area (Å²) in [4.78, 5) is 0.104. The molecule has 0 heterocycles. The van der Waals surface area contributed by atoms with Crippen LogP contribution >= 0.6 is 23.2 Å². The first-order valence-electron chi connectivity index (χ1n) is 8.61. The number of nitrogens with zero attached hydrogens (tertiary/aromatic N) is 1. The molecule has 0 fully saturated rings. The van der Waals surface area contributed by atoms with Gasteiger partial charge in [-0.15, -0.1) is 0 Å². The van der Waals surface area contributed by atoms with Crippen molar-refractivity contribution in [2.24, 2.45) is 0 Å². The largest absolute Gasteiger partial charge is 0.497 e. The zero-order valence-corrected chi connectivity index (χ0v) is 18.1. The summed E-state index contributed by atoms with van der Waals surface area (Å²) < 4.78 is 38.9. The van der Waals surface area contributed by atoms with Crippen molar-refractivity contribution in [3.63, 3.8) is 0 Å². The van der Waals surface area contributed by atoms with Gasteiger partial charge in [-0.3, -0.25) is 4.31 Å². The van der Waals surface area contributed by atoms with Crippen molar-refractivity contribution in [2.45, 2.75) is 11.4 Å². The Morgan fingerprint density at radius 2 is 1.45 bits per heavy atom. The maximum atomic E-state index is 13.6. The molecule has 0 aliphatic heterocycles. The van der Waals surface area contributed by atoms with Crippen LogP contribution in [0.1, 0.15) is 5.56 Å². The van der Waals surface area contributed by atoms with E-state index in [0.717, 1.165) is 0 Å². The molecule has 0 aliphatic rings. The van der Waals surface area contributed by atoms with Crippen molar-refractivity contribution in [1.82, 2.24) is 0 Å². The fourth-order valence-electron chi connectivity index (χ4n) is 2.84. The zero-order valence-electron chi connectivity index (χ0n) is 15.8. The molecule has 29 heavy (non-hydrogen) atoms. The maximum Gasteiger partial charge on any atom is 0.264 e. The number of rotatable bonds is 7. The highest BCUT2D eigenvalue weighted by atomic mass is 35.5. The predicted octanol–water partition coefficient (Wildman–Crippen LogP) is 5.41. The highest BCUT2D eigenvalue weighted by molar-refractivity contribution is 7.92. The minimum absolute atomic E-state index is 0.0623. The Balaban J connectivity index is 2.16. The Kier molecular flexibility index (Phi) is 6.57. The molecule has 3 rings (SSSR count). The first kappa shape index (κ1) is 21.3. The smallest absolute Gasteiger partial charge is 0.264 e. The van der Waals surface area contributed by atoms with Crippen LogP contribution < -0.4 is 13.8 Å². The number of methoxy groups -OCH3 is 2. The summed E-state index contributed by atoms with van der Waals surface area (Å²) in [6.45, 7) is -0.0623. The number of para-hydroxylation sites is 2. The van der Waals surface area contributed by atoms with E-state index < -0.39 is 10.0 Å². The summed E-state index contributed by atoms with van der Waals surface area (Å²) >= 11 is 12.6. The summed E-state index contributed by atoms with van der Waals surface area (Å²) in [6.07, 6.45) is 0. The number of benzene rings is 3. The summed E-state index contributed by atoms with van der Waals surface area (Å²) in [6, 6.07) is 18.1. The van der Waals surface area contributed by atoms with Gasteiger partial charge in [-0.2, -0.15) is 0 Å². The first-order valence-corrected chi connectivity index (χ1v) is 10.8. The van der Waals surface area contributed by atoms with Crippen LogP contribution in [0, 0.1) is 0 Å². The van der Waals surface area contributed by atoms with Gasteiger partial charge in [-0.25, -0.2) is 8.42 Å². The Morgan fingerprint density at radius 3 is 2.03 bits per heavy atom. The molecule has 152 valence electrons. The van der Waals surface area contributed by atoms with Crippen molar-refractivity contribution >= 4 is 38.9 Å². The van der Waals surface area contributed by atoms with Gasteiger partial charge in [-0.05, 0) is 48.5 Å². The van der Waals surface area contributed by atoms with E-state index in [1.807, 2.05) is 0 Å². The number of hydrogen-bond acceptors (Lipinski definition) is 4. The van der Waals surface area contributed by atoms with Gasteiger partial charge in [-0.1, -0.05) is 41.4 Å². The molecular weight excluding hydrogens is 433 g/mol. The Morgan fingerprint density at radius 1 is 0.828 bits per heavy atom. The minimum Gasteiger partial charge on any atom is -0.497 e. The molecule has 0 saturated carbocycles.